The van der Waals surface area contributed by atoms with Crippen LogP contribution in [-0.2, 0) is 0 Å². The number of methoxy groups -OCH3 is 1. The molecular weight excluding hydrogens is 546 g/mol. The summed E-state index contributed by atoms with van der Waals surface area (Å²) in [7, 11) is 3.04. The van der Waals surface area contributed by atoms with Gasteiger partial charge in [0.05, 0.1) is 54.4 Å². The van der Waals surface area contributed by atoms with Crippen LogP contribution in [-0.4, -0.2) is 73.7 Å². The molecule has 1 fully saturated rings. The Hall–Kier alpha value is -4.36. The molecule has 1 N–H and O–H groups in total. The first-order chi connectivity index (χ1) is 19.3. The van der Waals surface area contributed by atoms with Gasteiger partial charge in [0, 0.05) is 24.7 Å². The second-order valence-corrected chi connectivity index (χ2v) is 9.68. The number of benzene rings is 1. The summed E-state index contributed by atoms with van der Waals surface area (Å²) in [4.78, 5) is 18.7. The van der Waals surface area contributed by atoms with Crippen molar-refractivity contribution in [1.29, 1.82) is 0 Å². The highest BCUT2D eigenvalue weighted by Gasteiger charge is 2.46. The molecule has 1 atom stereocenters. The highest BCUT2D eigenvalue weighted by atomic mass is 35.5. The predicted molar refractivity (Wildman–Crippen MR) is 143 cm³/mol. The summed E-state index contributed by atoms with van der Waals surface area (Å²) in [5, 5.41) is 7.99. The Morgan fingerprint density at radius 3 is 2.80 bits per heavy atom. The summed E-state index contributed by atoms with van der Waals surface area (Å²) in [5.74, 6) is -1.85. The van der Waals surface area contributed by atoms with Gasteiger partial charge in [-0.05, 0) is 25.2 Å². The Labute approximate surface area is 231 Å². The second-order valence-electron chi connectivity index (χ2n) is 9.27. The van der Waals surface area contributed by atoms with Crippen molar-refractivity contribution in [3.05, 3.63) is 60.4 Å². The number of hydrogen-bond acceptors (Lipinski definition) is 10. The normalized spacial score (nSPS) is 17.2. The lowest BCUT2D eigenvalue weighted by Gasteiger charge is -2.36. The molecule has 4 aromatic heterocycles. The molecule has 14 heteroatoms. The van der Waals surface area contributed by atoms with Crippen LogP contribution in [0.4, 0.5) is 20.3 Å². The number of nitrogens with one attached hydrogen (secondary N) is 1. The molecule has 0 radical (unpaired) electrons. The maximum Gasteiger partial charge on any atom is 0.296 e. The van der Waals surface area contributed by atoms with Crippen molar-refractivity contribution < 1.29 is 23.0 Å². The van der Waals surface area contributed by atoms with Gasteiger partial charge < -0.3 is 24.4 Å². The Kier molecular flexibility index (Phi) is 6.68. The van der Waals surface area contributed by atoms with E-state index < -0.39 is 18.6 Å². The Balaban J connectivity index is 1.31. The molecule has 40 heavy (non-hydrogen) atoms. The van der Waals surface area contributed by atoms with Crippen LogP contribution in [0.5, 0.6) is 23.1 Å². The lowest BCUT2D eigenvalue weighted by molar-refractivity contribution is -0.135. The molecule has 1 aliphatic heterocycles. The zero-order chi connectivity index (χ0) is 27.9. The van der Waals surface area contributed by atoms with Crippen LogP contribution < -0.4 is 19.5 Å². The maximum absolute atomic E-state index is 14.9. The van der Waals surface area contributed by atoms with Gasteiger partial charge in [0.1, 0.15) is 17.9 Å². The fraction of sp³-hybridized carbons (Fsp3) is 0.269. The first-order valence-corrected chi connectivity index (χ1v) is 12.6. The number of aromatic nitrogens is 6. The summed E-state index contributed by atoms with van der Waals surface area (Å²) in [5.41, 5.74) is 1.63. The van der Waals surface area contributed by atoms with Crippen molar-refractivity contribution in [3.63, 3.8) is 0 Å². The van der Waals surface area contributed by atoms with E-state index in [0.717, 1.165) is 0 Å². The third-order valence-corrected chi connectivity index (χ3v) is 6.72. The van der Waals surface area contributed by atoms with E-state index in [4.69, 9.17) is 25.8 Å². The number of pyridine rings is 1. The van der Waals surface area contributed by atoms with Crippen molar-refractivity contribution in [2.45, 2.75) is 18.4 Å². The molecule has 0 aliphatic carbocycles. The Bertz CT molecular complexity index is 1700. The van der Waals surface area contributed by atoms with E-state index in [-0.39, 0.29) is 18.1 Å². The molecule has 1 saturated heterocycles. The monoisotopic (exact) mass is 568 g/mol. The number of alkyl halides is 2. The third-order valence-electron chi connectivity index (χ3n) is 6.43. The van der Waals surface area contributed by atoms with Crippen LogP contribution in [0.15, 0.2) is 55.4 Å². The molecular formula is C26H23ClF2N8O3. The summed E-state index contributed by atoms with van der Waals surface area (Å²) in [6.07, 6.45) is 6.45. The minimum absolute atomic E-state index is 0.0323. The lowest BCUT2D eigenvalue weighted by Crippen LogP contribution is -2.52. The average molecular weight is 569 g/mol. The van der Waals surface area contributed by atoms with Crippen molar-refractivity contribution in [3.8, 4) is 23.1 Å². The quantitative estimate of drug-likeness (QED) is 0.288. The zero-order valence-corrected chi connectivity index (χ0v) is 22.1. The van der Waals surface area contributed by atoms with Crippen LogP contribution in [0, 0.1) is 0 Å². The van der Waals surface area contributed by atoms with Crippen molar-refractivity contribution >= 4 is 39.7 Å². The van der Waals surface area contributed by atoms with Crippen LogP contribution in [0.25, 0.3) is 16.6 Å². The van der Waals surface area contributed by atoms with E-state index in [1.54, 1.807) is 59.3 Å². The molecule has 0 bridgehead atoms. The molecule has 11 nitrogen and oxygen atoms in total. The van der Waals surface area contributed by atoms with Crippen molar-refractivity contribution in [2.24, 2.45) is 0 Å². The van der Waals surface area contributed by atoms with Crippen LogP contribution >= 0.6 is 11.6 Å². The Morgan fingerprint density at radius 2 is 2.00 bits per heavy atom. The largest absolute Gasteiger partial charge is 0.478 e. The SMILES string of the molecule is COc1ncc2ncnc(Nc3ccc(Oc4cnc5ccnn5c4)c(Cl)c3)c2c1O[C@@H]1CCN(C)CC1(F)F. The summed E-state index contributed by atoms with van der Waals surface area (Å²) in [6.45, 7) is 0.0414. The number of likely N-dealkylation sites (tertiary alicyclic amines) is 1. The van der Waals surface area contributed by atoms with E-state index in [9.17, 15) is 8.78 Å². The van der Waals surface area contributed by atoms with Gasteiger partial charge in [0.2, 0.25) is 0 Å². The number of fused-ring (bicyclic) bond motifs is 2. The molecule has 5 aromatic rings. The number of piperidine rings is 1. The summed E-state index contributed by atoms with van der Waals surface area (Å²) >= 11 is 6.53. The van der Waals surface area contributed by atoms with Gasteiger partial charge >= 0.3 is 0 Å². The van der Waals surface area contributed by atoms with Gasteiger partial charge in [0.15, 0.2) is 23.3 Å². The number of hydrogen-bond donors (Lipinski definition) is 1. The predicted octanol–water partition coefficient (Wildman–Crippen LogP) is 4.98. The minimum atomic E-state index is -3.08. The highest BCUT2D eigenvalue weighted by Crippen LogP contribution is 2.41. The van der Waals surface area contributed by atoms with E-state index in [1.165, 1.54) is 19.6 Å². The van der Waals surface area contributed by atoms with Gasteiger partial charge in [-0.15, -0.1) is 0 Å². The van der Waals surface area contributed by atoms with Crippen molar-refractivity contribution in [1.82, 2.24) is 34.4 Å². The first kappa shape index (κ1) is 25.9. The molecule has 0 amide bonds. The van der Waals surface area contributed by atoms with Gasteiger partial charge in [-0.1, -0.05) is 11.6 Å². The summed E-state index contributed by atoms with van der Waals surface area (Å²) < 4.78 is 48.5. The molecule has 6 rings (SSSR count). The molecule has 1 aliphatic rings. The standard InChI is InChI=1S/C26H23ClF2N8O3/c1-36-8-6-20(26(28,29)13-36)40-23-22-18(11-31-25(23)38-2)32-14-33-24(22)35-15-3-4-19(17(27)9-15)39-16-10-30-21-5-7-34-37(21)12-16/h3-5,7,9-12,14,20H,6,8,13H2,1-2H3,(H,32,33,35)/t20-/m1/s1. The molecule has 206 valence electrons. The summed E-state index contributed by atoms with van der Waals surface area (Å²) in [6, 6.07) is 6.84. The fourth-order valence-electron chi connectivity index (χ4n) is 4.50. The molecule has 5 heterocycles. The van der Waals surface area contributed by atoms with Crippen LogP contribution in [0.2, 0.25) is 5.02 Å². The van der Waals surface area contributed by atoms with E-state index in [1.807, 2.05) is 0 Å². The van der Waals surface area contributed by atoms with Gasteiger partial charge in [-0.2, -0.15) is 5.10 Å². The molecule has 0 unspecified atom stereocenters. The van der Waals surface area contributed by atoms with Gasteiger partial charge in [-0.3, -0.25) is 0 Å². The fourth-order valence-corrected chi connectivity index (χ4v) is 4.72. The van der Waals surface area contributed by atoms with Gasteiger partial charge in [-0.25, -0.2) is 33.2 Å². The van der Waals surface area contributed by atoms with E-state index >= 15 is 0 Å². The number of ether oxygens (including phenoxy) is 3. The molecule has 1 aromatic carbocycles. The number of rotatable bonds is 7. The number of halogens is 3. The minimum Gasteiger partial charge on any atom is -0.478 e. The average Bonchev–Trinajstić information content (AvgIpc) is 3.39. The molecule has 0 saturated carbocycles. The van der Waals surface area contributed by atoms with E-state index in [2.05, 4.69) is 30.4 Å². The van der Waals surface area contributed by atoms with Crippen LogP contribution in [0.1, 0.15) is 6.42 Å². The lowest BCUT2D eigenvalue weighted by atomic mass is 10.0. The maximum atomic E-state index is 14.9. The zero-order valence-electron chi connectivity index (χ0n) is 21.4. The smallest absolute Gasteiger partial charge is 0.296 e. The Morgan fingerprint density at radius 1 is 1.12 bits per heavy atom. The number of nitrogens with zero attached hydrogens (tertiary/aromatic N) is 7. The topological polar surface area (TPSA) is 112 Å². The van der Waals surface area contributed by atoms with Gasteiger partial charge in [0.25, 0.3) is 11.8 Å². The number of anilines is 2. The second kappa shape index (κ2) is 10.3. The van der Waals surface area contributed by atoms with E-state index in [0.29, 0.717) is 51.1 Å². The van der Waals surface area contributed by atoms with Crippen LogP contribution in [0.3, 0.4) is 0 Å². The third kappa shape index (κ3) is 5.00. The highest BCUT2D eigenvalue weighted by molar-refractivity contribution is 6.32. The molecule has 0 spiro atoms. The van der Waals surface area contributed by atoms with Crippen molar-refractivity contribution in [2.75, 3.05) is 32.6 Å². The first-order valence-electron chi connectivity index (χ1n) is 12.3.